The Labute approximate surface area is 114 Å². The summed E-state index contributed by atoms with van der Waals surface area (Å²) in [7, 11) is 0. The molecule has 1 nitrogen and oxygen atoms in total. The molecule has 0 amide bonds. The first kappa shape index (κ1) is 13.2. The highest BCUT2D eigenvalue weighted by Crippen LogP contribution is 2.40. The quantitative estimate of drug-likeness (QED) is 0.805. The lowest BCUT2D eigenvalue weighted by molar-refractivity contribution is 0.180. The highest BCUT2D eigenvalue weighted by atomic mass is 35.5. The molecular weight excluding hydrogens is 253 g/mol. The Morgan fingerprint density at radius 2 is 1.76 bits per heavy atom. The van der Waals surface area contributed by atoms with E-state index in [1.807, 2.05) is 12.1 Å². The normalized spacial score (nSPS) is 28.1. The van der Waals surface area contributed by atoms with Gasteiger partial charge in [-0.05, 0) is 29.5 Å². The Morgan fingerprint density at radius 1 is 1.06 bits per heavy atom. The molecule has 1 aromatic carbocycles. The van der Waals surface area contributed by atoms with Gasteiger partial charge in [0.05, 0.1) is 10.0 Å². The molecule has 1 aliphatic rings. The summed E-state index contributed by atoms with van der Waals surface area (Å²) < 4.78 is 0. The van der Waals surface area contributed by atoms with Crippen LogP contribution < -0.4 is 5.32 Å². The molecule has 0 radical (unpaired) electrons. The van der Waals surface area contributed by atoms with Crippen molar-refractivity contribution >= 4 is 23.2 Å². The average molecular weight is 272 g/mol. The van der Waals surface area contributed by atoms with Crippen LogP contribution in [0.2, 0.25) is 10.0 Å². The largest absolute Gasteiger partial charge is 0.315 e. The SMILES string of the molecule is CC1(C)CNCC(C)(c2ccc(Cl)c(Cl)c2)C1. The lowest BCUT2D eigenvalue weighted by Gasteiger charge is -2.43. The van der Waals surface area contributed by atoms with E-state index >= 15 is 0 Å². The zero-order valence-electron chi connectivity index (χ0n) is 10.6. The number of benzene rings is 1. The third kappa shape index (κ3) is 2.78. The van der Waals surface area contributed by atoms with Crippen LogP contribution in [-0.2, 0) is 5.41 Å². The van der Waals surface area contributed by atoms with Crippen LogP contribution in [0.25, 0.3) is 0 Å². The standard InChI is InChI=1S/C14H19Cl2N/c1-13(2)7-14(3,9-17-8-13)10-4-5-11(15)12(16)6-10/h4-6,17H,7-9H2,1-3H3. The molecule has 1 saturated heterocycles. The molecule has 1 aromatic rings. The fourth-order valence-electron chi connectivity index (χ4n) is 2.93. The van der Waals surface area contributed by atoms with Gasteiger partial charge in [0.1, 0.15) is 0 Å². The van der Waals surface area contributed by atoms with Crippen molar-refractivity contribution in [1.29, 1.82) is 0 Å². The smallest absolute Gasteiger partial charge is 0.0595 e. The maximum atomic E-state index is 6.11. The molecule has 0 aliphatic carbocycles. The molecule has 94 valence electrons. The summed E-state index contributed by atoms with van der Waals surface area (Å²) in [5.74, 6) is 0. The second-order valence-corrected chi connectivity index (χ2v) is 6.95. The molecule has 1 fully saturated rings. The molecule has 0 bridgehead atoms. The van der Waals surface area contributed by atoms with Crippen LogP contribution in [0.15, 0.2) is 18.2 Å². The van der Waals surface area contributed by atoms with E-state index in [0.717, 1.165) is 19.5 Å². The zero-order valence-corrected chi connectivity index (χ0v) is 12.1. The number of halogens is 2. The molecule has 17 heavy (non-hydrogen) atoms. The maximum Gasteiger partial charge on any atom is 0.0595 e. The molecule has 2 rings (SSSR count). The molecule has 0 aromatic heterocycles. The Kier molecular flexibility index (Phi) is 3.46. The maximum absolute atomic E-state index is 6.11. The van der Waals surface area contributed by atoms with Crippen molar-refractivity contribution in [2.24, 2.45) is 5.41 Å². The van der Waals surface area contributed by atoms with E-state index in [9.17, 15) is 0 Å². The summed E-state index contributed by atoms with van der Waals surface area (Å²) in [6.07, 6.45) is 1.16. The topological polar surface area (TPSA) is 12.0 Å². The van der Waals surface area contributed by atoms with Crippen molar-refractivity contribution in [3.8, 4) is 0 Å². The molecule has 1 N–H and O–H groups in total. The molecule has 1 unspecified atom stereocenters. The van der Waals surface area contributed by atoms with E-state index in [4.69, 9.17) is 23.2 Å². The summed E-state index contributed by atoms with van der Waals surface area (Å²) in [5.41, 5.74) is 1.72. The van der Waals surface area contributed by atoms with Crippen LogP contribution in [0.5, 0.6) is 0 Å². The van der Waals surface area contributed by atoms with Gasteiger partial charge in [0.25, 0.3) is 0 Å². The van der Waals surface area contributed by atoms with E-state index in [0.29, 0.717) is 15.5 Å². The van der Waals surface area contributed by atoms with Crippen molar-refractivity contribution in [2.75, 3.05) is 13.1 Å². The van der Waals surface area contributed by atoms with Crippen LogP contribution in [-0.4, -0.2) is 13.1 Å². The molecule has 1 heterocycles. The Balaban J connectivity index is 2.34. The molecule has 0 saturated carbocycles. The van der Waals surface area contributed by atoms with Crippen molar-refractivity contribution in [3.63, 3.8) is 0 Å². The van der Waals surface area contributed by atoms with Gasteiger partial charge in [0.15, 0.2) is 0 Å². The van der Waals surface area contributed by atoms with Crippen LogP contribution in [0.1, 0.15) is 32.8 Å². The van der Waals surface area contributed by atoms with Gasteiger partial charge in [0.2, 0.25) is 0 Å². The van der Waals surface area contributed by atoms with E-state index in [-0.39, 0.29) is 5.41 Å². The summed E-state index contributed by atoms with van der Waals surface area (Å²) >= 11 is 12.1. The van der Waals surface area contributed by atoms with Crippen LogP contribution in [0.4, 0.5) is 0 Å². The molecular formula is C14H19Cl2N. The van der Waals surface area contributed by atoms with Gasteiger partial charge < -0.3 is 5.32 Å². The predicted octanol–water partition coefficient (Wildman–Crippen LogP) is 4.27. The minimum atomic E-state index is 0.135. The van der Waals surface area contributed by atoms with Gasteiger partial charge in [-0.25, -0.2) is 0 Å². The summed E-state index contributed by atoms with van der Waals surface area (Å²) in [5, 5.41) is 4.80. The van der Waals surface area contributed by atoms with Gasteiger partial charge in [-0.2, -0.15) is 0 Å². The van der Waals surface area contributed by atoms with Gasteiger partial charge in [-0.3, -0.25) is 0 Å². The van der Waals surface area contributed by atoms with E-state index in [1.54, 1.807) is 0 Å². The Bertz CT molecular complexity index is 428. The van der Waals surface area contributed by atoms with Gasteiger partial charge in [-0.1, -0.05) is 50.0 Å². The van der Waals surface area contributed by atoms with Crippen LogP contribution in [0, 0.1) is 5.41 Å². The molecule has 1 atom stereocenters. The van der Waals surface area contributed by atoms with Crippen molar-refractivity contribution in [3.05, 3.63) is 33.8 Å². The number of hydrogen-bond acceptors (Lipinski definition) is 1. The summed E-state index contributed by atoms with van der Waals surface area (Å²) in [6.45, 7) is 8.96. The molecule has 1 aliphatic heterocycles. The first-order chi connectivity index (χ1) is 7.82. The van der Waals surface area contributed by atoms with Crippen LogP contribution in [0.3, 0.4) is 0 Å². The Hall–Kier alpha value is -0.240. The first-order valence-corrected chi connectivity index (χ1v) is 6.74. The fourth-order valence-corrected chi connectivity index (χ4v) is 3.23. The number of nitrogens with one attached hydrogen (secondary N) is 1. The zero-order chi connectivity index (χ0) is 12.7. The average Bonchev–Trinajstić information content (AvgIpc) is 2.20. The van der Waals surface area contributed by atoms with Crippen molar-refractivity contribution < 1.29 is 0 Å². The third-order valence-corrected chi connectivity index (χ3v) is 4.34. The lowest BCUT2D eigenvalue weighted by Crippen LogP contribution is -2.49. The first-order valence-electron chi connectivity index (χ1n) is 5.99. The number of rotatable bonds is 1. The van der Waals surface area contributed by atoms with E-state index < -0.39 is 0 Å². The summed E-state index contributed by atoms with van der Waals surface area (Å²) in [4.78, 5) is 0. The number of hydrogen-bond donors (Lipinski definition) is 1. The monoisotopic (exact) mass is 271 g/mol. The minimum Gasteiger partial charge on any atom is -0.315 e. The second-order valence-electron chi connectivity index (χ2n) is 6.13. The number of piperidine rings is 1. The van der Waals surface area contributed by atoms with Crippen molar-refractivity contribution in [2.45, 2.75) is 32.6 Å². The minimum absolute atomic E-state index is 0.135. The van der Waals surface area contributed by atoms with E-state index in [2.05, 4.69) is 32.2 Å². The summed E-state index contributed by atoms with van der Waals surface area (Å²) in [6, 6.07) is 6.00. The van der Waals surface area contributed by atoms with Gasteiger partial charge >= 0.3 is 0 Å². The highest BCUT2D eigenvalue weighted by molar-refractivity contribution is 6.42. The van der Waals surface area contributed by atoms with Crippen LogP contribution >= 0.6 is 23.2 Å². The molecule has 0 spiro atoms. The third-order valence-electron chi connectivity index (χ3n) is 3.60. The highest BCUT2D eigenvalue weighted by Gasteiger charge is 2.37. The van der Waals surface area contributed by atoms with Gasteiger partial charge in [0, 0.05) is 18.5 Å². The second kappa shape index (κ2) is 4.46. The van der Waals surface area contributed by atoms with E-state index in [1.165, 1.54) is 5.56 Å². The Morgan fingerprint density at radius 3 is 2.35 bits per heavy atom. The molecule has 3 heteroatoms. The van der Waals surface area contributed by atoms with Gasteiger partial charge in [-0.15, -0.1) is 0 Å². The predicted molar refractivity (Wildman–Crippen MR) is 75.1 cm³/mol. The fraction of sp³-hybridized carbons (Fsp3) is 0.571. The lowest BCUT2D eigenvalue weighted by atomic mass is 9.67. The van der Waals surface area contributed by atoms with Crippen molar-refractivity contribution in [1.82, 2.24) is 5.32 Å².